The Balaban J connectivity index is 2.58. The quantitative estimate of drug-likeness (QED) is 0.744. The number of hydrogen-bond acceptors (Lipinski definition) is 2. The number of ether oxygens (including phenoxy) is 1. The molecule has 0 aliphatic heterocycles. The minimum Gasteiger partial charge on any atom is -0.497 e. The summed E-state index contributed by atoms with van der Waals surface area (Å²) in [5.74, 6) is 0.901. The van der Waals surface area contributed by atoms with E-state index in [0.717, 1.165) is 24.4 Å². The normalized spacial score (nSPS) is 9.80. The first kappa shape index (κ1) is 11.6. The van der Waals surface area contributed by atoms with E-state index < -0.39 is 0 Å². The first-order valence-corrected chi connectivity index (χ1v) is 5.16. The Morgan fingerprint density at radius 2 is 2.20 bits per heavy atom. The molecule has 15 heavy (non-hydrogen) atoms. The number of rotatable bonds is 5. The molecule has 0 spiro atoms. The third kappa shape index (κ3) is 3.66. The average Bonchev–Trinajstić information content (AvgIpc) is 2.20. The third-order valence-electron chi connectivity index (χ3n) is 2.30. The maximum Gasteiger partial charge on any atom is 0.119 e. The summed E-state index contributed by atoms with van der Waals surface area (Å²) < 4.78 is 5.15. The summed E-state index contributed by atoms with van der Waals surface area (Å²) in [5, 5.41) is 3.38. The van der Waals surface area contributed by atoms with E-state index in [4.69, 9.17) is 4.74 Å². The van der Waals surface area contributed by atoms with Crippen LogP contribution in [-0.4, -0.2) is 13.7 Å². The fraction of sp³-hybridized carbons (Fsp3) is 0.385. The molecule has 0 saturated carbocycles. The monoisotopic (exact) mass is 205 g/mol. The molecule has 1 aromatic carbocycles. The molecule has 1 N–H and O–H groups in total. The van der Waals surface area contributed by atoms with Crippen molar-refractivity contribution in [2.45, 2.75) is 20.3 Å². The third-order valence-corrected chi connectivity index (χ3v) is 2.30. The molecule has 0 atom stereocenters. The zero-order valence-corrected chi connectivity index (χ0v) is 9.76. The fourth-order valence-electron chi connectivity index (χ4n) is 1.37. The lowest BCUT2D eigenvalue weighted by Crippen LogP contribution is -2.03. The number of hydrogen-bond donors (Lipinski definition) is 1. The zero-order valence-electron chi connectivity index (χ0n) is 9.76. The highest BCUT2D eigenvalue weighted by atomic mass is 16.5. The Labute approximate surface area is 92.0 Å². The van der Waals surface area contributed by atoms with Gasteiger partial charge in [-0.2, -0.15) is 0 Å². The van der Waals surface area contributed by atoms with Crippen molar-refractivity contribution < 1.29 is 4.74 Å². The molecular weight excluding hydrogens is 186 g/mol. The molecule has 2 heteroatoms. The molecule has 0 aliphatic rings. The lowest BCUT2D eigenvalue weighted by molar-refractivity contribution is 0.414. The number of benzene rings is 1. The summed E-state index contributed by atoms with van der Waals surface area (Å²) in [4.78, 5) is 0. The summed E-state index contributed by atoms with van der Waals surface area (Å²) in [5.41, 5.74) is 3.57. The SMILES string of the molecule is C=C(C)CCNc1ccc(OC)cc1C. The van der Waals surface area contributed by atoms with E-state index in [2.05, 4.69) is 18.8 Å². The van der Waals surface area contributed by atoms with E-state index in [0.29, 0.717) is 0 Å². The summed E-state index contributed by atoms with van der Waals surface area (Å²) in [6, 6.07) is 6.05. The smallest absolute Gasteiger partial charge is 0.119 e. The van der Waals surface area contributed by atoms with Gasteiger partial charge in [0.2, 0.25) is 0 Å². The summed E-state index contributed by atoms with van der Waals surface area (Å²) in [6.45, 7) is 8.93. The molecule has 0 amide bonds. The second-order valence-corrected chi connectivity index (χ2v) is 3.81. The maximum absolute atomic E-state index is 5.15. The van der Waals surface area contributed by atoms with Crippen molar-refractivity contribution in [1.82, 2.24) is 0 Å². The minimum atomic E-state index is 0.901. The molecule has 0 fully saturated rings. The van der Waals surface area contributed by atoms with Crippen molar-refractivity contribution in [3.63, 3.8) is 0 Å². The van der Waals surface area contributed by atoms with Crippen LogP contribution in [-0.2, 0) is 0 Å². The predicted octanol–water partition coefficient (Wildman–Crippen LogP) is 3.38. The van der Waals surface area contributed by atoms with Crippen LogP contribution >= 0.6 is 0 Å². The van der Waals surface area contributed by atoms with Gasteiger partial charge >= 0.3 is 0 Å². The molecule has 0 heterocycles. The summed E-state index contributed by atoms with van der Waals surface area (Å²) >= 11 is 0. The van der Waals surface area contributed by atoms with E-state index in [-0.39, 0.29) is 0 Å². The van der Waals surface area contributed by atoms with Crippen LogP contribution in [0.25, 0.3) is 0 Å². The van der Waals surface area contributed by atoms with Crippen LogP contribution in [0.15, 0.2) is 30.4 Å². The van der Waals surface area contributed by atoms with Crippen LogP contribution in [0, 0.1) is 6.92 Å². The Kier molecular flexibility index (Phi) is 4.22. The molecule has 0 unspecified atom stereocenters. The van der Waals surface area contributed by atoms with Gasteiger partial charge in [-0.05, 0) is 44.0 Å². The second kappa shape index (κ2) is 5.44. The first-order chi connectivity index (χ1) is 7.13. The van der Waals surface area contributed by atoms with E-state index >= 15 is 0 Å². The van der Waals surface area contributed by atoms with Crippen molar-refractivity contribution in [1.29, 1.82) is 0 Å². The van der Waals surface area contributed by atoms with Crippen molar-refractivity contribution in [2.75, 3.05) is 19.0 Å². The Morgan fingerprint density at radius 3 is 2.73 bits per heavy atom. The van der Waals surface area contributed by atoms with Gasteiger partial charge in [-0.15, -0.1) is 6.58 Å². The average molecular weight is 205 g/mol. The Bertz CT molecular complexity index is 344. The maximum atomic E-state index is 5.15. The van der Waals surface area contributed by atoms with Gasteiger partial charge in [0.05, 0.1) is 7.11 Å². The van der Waals surface area contributed by atoms with Gasteiger partial charge in [-0.3, -0.25) is 0 Å². The van der Waals surface area contributed by atoms with Gasteiger partial charge in [-0.25, -0.2) is 0 Å². The minimum absolute atomic E-state index is 0.901. The highest BCUT2D eigenvalue weighted by Crippen LogP contribution is 2.20. The van der Waals surface area contributed by atoms with Gasteiger partial charge in [0.1, 0.15) is 5.75 Å². The summed E-state index contributed by atoms with van der Waals surface area (Å²) in [7, 11) is 1.68. The second-order valence-electron chi connectivity index (χ2n) is 3.81. The lowest BCUT2D eigenvalue weighted by Gasteiger charge is -2.10. The van der Waals surface area contributed by atoms with Gasteiger partial charge in [0, 0.05) is 12.2 Å². The molecule has 0 aromatic heterocycles. The number of nitrogens with one attached hydrogen (secondary N) is 1. The van der Waals surface area contributed by atoms with Crippen molar-refractivity contribution >= 4 is 5.69 Å². The fourth-order valence-corrected chi connectivity index (χ4v) is 1.37. The van der Waals surface area contributed by atoms with Crippen LogP contribution in [0.1, 0.15) is 18.9 Å². The molecular formula is C13H19NO. The van der Waals surface area contributed by atoms with Crippen LogP contribution in [0.5, 0.6) is 5.75 Å². The zero-order chi connectivity index (χ0) is 11.3. The Hall–Kier alpha value is -1.44. The number of aryl methyl sites for hydroxylation is 1. The largest absolute Gasteiger partial charge is 0.497 e. The van der Waals surface area contributed by atoms with E-state index in [1.54, 1.807) is 7.11 Å². The van der Waals surface area contributed by atoms with Gasteiger partial charge in [-0.1, -0.05) is 5.57 Å². The van der Waals surface area contributed by atoms with Gasteiger partial charge in [0.15, 0.2) is 0 Å². The van der Waals surface area contributed by atoms with Crippen LogP contribution in [0.4, 0.5) is 5.69 Å². The van der Waals surface area contributed by atoms with Crippen LogP contribution in [0.3, 0.4) is 0 Å². The standard InChI is InChI=1S/C13H19NO/c1-10(2)7-8-14-13-6-5-12(15-4)9-11(13)3/h5-6,9,14H,1,7-8H2,2-4H3. The lowest BCUT2D eigenvalue weighted by atomic mass is 10.2. The number of methoxy groups -OCH3 is 1. The number of anilines is 1. The molecule has 1 rings (SSSR count). The molecule has 0 bridgehead atoms. The van der Waals surface area contributed by atoms with E-state index in [1.165, 1.54) is 11.1 Å². The molecule has 82 valence electrons. The summed E-state index contributed by atoms with van der Waals surface area (Å²) in [6.07, 6.45) is 1.01. The highest BCUT2D eigenvalue weighted by Gasteiger charge is 1.99. The molecule has 0 saturated heterocycles. The van der Waals surface area contributed by atoms with E-state index in [1.807, 2.05) is 25.1 Å². The van der Waals surface area contributed by atoms with Crippen LogP contribution < -0.4 is 10.1 Å². The topological polar surface area (TPSA) is 21.3 Å². The van der Waals surface area contributed by atoms with Crippen LogP contribution in [0.2, 0.25) is 0 Å². The molecule has 0 aliphatic carbocycles. The molecule has 2 nitrogen and oxygen atoms in total. The van der Waals surface area contributed by atoms with Crippen molar-refractivity contribution in [3.05, 3.63) is 35.9 Å². The Morgan fingerprint density at radius 1 is 1.47 bits per heavy atom. The van der Waals surface area contributed by atoms with Gasteiger partial charge < -0.3 is 10.1 Å². The first-order valence-electron chi connectivity index (χ1n) is 5.16. The van der Waals surface area contributed by atoms with Crippen molar-refractivity contribution in [3.8, 4) is 5.75 Å². The molecule has 0 radical (unpaired) electrons. The van der Waals surface area contributed by atoms with E-state index in [9.17, 15) is 0 Å². The predicted molar refractivity (Wildman–Crippen MR) is 65.7 cm³/mol. The molecule has 1 aromatic rings. The van der Waals surface area contributed by atoms with Gasteiger partial charge in [0.25, 0.3) is 0 Å². The highest BCUT2D eigenvalue weighted by molar-refractivity contribution is 5.53. The van der Waals surface area contributed by atoms with Crippen molar-refractivity contribution in [2.24, 2.45) is 0 Å².